The molecule has 1 atom stereocenters. The Morgan fingerprint density at radius 2 is 2.11 bits per heavy atom. The molecule has 1 fully saturated rings. The van der Waals surface area contributed by atoms with Gasteiger partial charge in [0.15, 0.2) is 0 Å². The number of hydrogen-bond donors (Lipinski definition) is 2. The van der Waals surface area contributed by atoms with Crippen molar-refractivity contribution in [3.8, 4) is 0 Å². The van der Waals surface area contributed by atoms with Crippen LogP contribution in [-0.2, 0) is 4.79 Å². The van der Waals surface area contributed by atoms with E-state index >= 15 is 0 Å². The normalized spacial score (nSPS) is 19.0. The molecule has 5 nitrogen and oxygen atoms in total. The minimum absolute atomic E-state index is 0.227. The van der Waals surface area contributed by atoms with Crippen LogP contribution in [0.5, 0.6) is 0 Å². The van der Waals surface area contributed by atoms with Crippen LogP contribution < -0.4 is 5.32 Å². The molecule has 2 rings (SSSR count). The molecular formula is C13H15IN2O3. The second-order valence-electron chi connectivity index (χ2n) is 4.53. The Bertz CT molecular complexity index is 493. The Morgan fingerprint density at radius 1 is 1.37 bits per heavy atom. The van der Waals surface area contributed by atoms with E-state index in [0.29, 0.717) is 13.0 Å². The van der Waals surface area contributed by atoms with Crippen molar-refractivity contribution in [3.05, 3.63) is 27.8 Å². The molecule has 2 N–H and O–H groups in total. The lowest BCUT2D eigenvalue weighted by Crippen LogP contribution is -2.44. The number of carboxylic acids is 1. The lowest BCUT2D eigenvalue weighted by molar-refractivity contribution is -0.143. The highest BCUT2D eigenvalue weighted by atomic mass is 127. The quantitative estimate of drug-likeness (QED) is 0.782. The van der Waals surface area contributed by atoms with Gasteiger partial charge in [-0.15, -0.1) is 0 Å². The summed E-state index contributed by atoms with van der Waals surface area (Å²) in [6, 6.07) is 7.27. The Balaban J connectivity index is 2.00. The fourth-order valence-electron chi connectivity index (χ4n) is 2.12. The number of para-hydroxylation sites is 1. The highest BCUT2D eigenvalue weighted by Gasteiger charge is 2.28. The van der Waals surface area contributed by atoms with Crippen molar-refractivity contribution >= 4 is 40.3 Å². The summed E-state index contributed by atoms with van der Waals surface area (Å²) in [5, 5.41) is 11.8. The van der Waals surface area contributed by atoms with Crippen molar-refractivity contribution in [2.45, 2.75) is 12.8 Å². The van der Waals surface area contributed by atoms with Crippen LogP contribution in [0.1, 0.15) is 12.8 Å². The maximum atomic E-state index is 12.1. The van der Waals surface area contributed by atoms with Gasteiger partial charge in [-0.3, -0.25) is 4.79 Å². The molecule has 2 amide bonds. The SMILES string of the molecule is O=C(O)[C@@H]1CCCN(C(=O)Nc2ccccc2I)C1. The molecule has 0 radical (unpaired) electrons. The Hall–Kier alpha value is -1.31. The van der Waals surface area contributed by atoms with E-state index in [1.165, 1.54) is 0 Å². The lowest BCUT2D eigenvalue weighted by atomic mass is 9.99. The molecule has 102 valence electrons. The molecular weight excluding hydrogens is 359 g/mol. The summed E-state index contributed by atoms with van der Waals surface area (Å²) in [6.07, 6.45) is 1.37. The van der Waals surface area contributed by atoms with Crippen molar-refractivity contribution in [1.29, 1.82) is 0 Å². The van der Waals surface area contributed by atoms with E-state index in [1.54, 1.807) is 4.90 Å². The topological polar surface area (TPSA) is 69.6 Å². The summed E-state index contributed by atoms with van der Waals surface area (Å²) in [5.74, 6) is -1.28. The number of hydrogen-bond acceptors (Lipinski definition) is 2. The minimum atomic E-state index is -0.827. The summed E-state index contributed by atoms with van der Waals surface area (Å²) in [7, 11) is 0. The molecule has 19 heavy (non-hydrogen) atoms. The first-order chi connectivity index (χ1) is 9.08. The van der Waals surface area contributed by atoms with Gasteiger partial charge >= 0.3 is 12.0 Å². The number of likely N-dealkylation sites (tertiary alicyclic amines) is 1. The molecule has 1 aromatic carbocycles. The number of carboxylic acid groups (broad SMARTS) is 1. The number of benzene rings is 1. The number of halogens is 1. The van der Waals surface area contributed by atoms with Gasteiger partial charge in [-0.2, -0.15) is 0 Å². The van der Waals surface area contributed by atoms with E-state index in [2.05, 4.69) is 27.9 Å². The van der Waals surface area contributed by atoms with E-state index in [1.807, 2.05) is 24.3 Å². The summed E-state index contributed by atoms with van der Waals surface area (Å²) in [4.78, 5) is 24.7. The molecule has 1 saturated heterocycles. The first-order valence-electron chi connectivity index (χ1n) is 6.11. The number of amides is 2. The molecule has 0 aliphatic carbocycles. The average Bonchev–Trinajstić information content (AvgIpc) is 2.41. The standard InChI is InChI=1S/C13H15IN2O3/c14-10-5-1-2-6-11(10)15-13(19)16-7-3-4-9(8-16)12(17)18/h1-2,5-6,9H,3-4,7-8H2,(H,15,19)(H,17,18)/t9-/m1/s1. The largest absolute Gasteiger partial charge is 0.481 e. The molecule has 1 aliphatic heterocycles. The molecule has 0 aromatic heterocycles. The second kappa shape index (κ2) is 6.23. The molecule has 0 saturated carbocycles. The highest BCUT2D eigenvalue weighted by Crippen LogP contribution is 2.20. The number of rotatable bonds is 2. The van der Waals surface area contributed by atoms with Crippen molar-refractivity contribution in [3.63, 3.8) is 0 Å². The predicted molar refractivity (Wildman–Crippen MR) is 80.1 cm³/mol. The van der Waals surface area contributed by atoms with E-state index in [-0.39, 0.29) is 12.6 Å². The van der Waals surface area contributed by atoms with Gasteiger partial charge in [-0.05, 0) is 47.6 Å². The van der Waals surface area contributed by atoms with Gasteiger partial charge in [0.1, 0.15) is 0 Å². The summed E-state index contributed by atoms with van der Waals surface area (Å²) in [5.41, 5.74) is 0.755. The molecule has 0 bridgehead atoms. The van der Waals surface area contributed by atoms with E-state index in [9.17, 15) is 9.59 Å². The van der Waals surface area contributed by atoms with E-state index in [4.69, 9.17) is 5.11 Å². The minimum Gasteiger partial charge on any atom is -0.481 e. The van der Waals surface area contributed by atoms with Crippen molar-refractivity contribution in [2.24, 2.45) is 5.92 Å². The van der Waals surface area contributed by atoms with Gasteiger partial charge in [-0.25, -0.2) is 4.79 Å². The van der Waals surface area contributed by atoms with E-state index < -0.39 is 11.9 Å². The van der Waals surface area contributed by atoms with Gasteiger partial charge < -0.3 is 15.3 Å². The Morgan fingerprint density at radius 3 is 2.79 bits per heavy atom. The molecule has 1 aliphatic rings. The Kier molecular flexibility index (Phi) is 4.62. The van der Waals surface area contributed by atoms with Crippen LogP contribution >= 0.6 is 22.6 Å². The van der Waals surface area contributed by atoms with Crippen molar-refractivity contribution in [1.82, 2.24) is 4.90 Å². The third-order valence-corrected chi connectivity index (χ3v) is 4.11. The van der Waals surface area contributed by atoms with Crippen LogP contribution in [-0.4, -0.2) is 35.1 Å². The van der Waals surface area contributed by atoms with Gasteiger partial charge in [0.05, 0.1) is 11.6 Å². The number of piperidine rings is 1. The van der Waals surface area contributed by atoms with Crippen molar-refractivity contribution < 1.29 is 14.7 Å². The Labute approximate surface area is 125 Å². The number of anilines is 1. The van der Waals surface area contributed by atoms with Gasteiger partial charge in [0.25, 0.3) is 0 Å². The smallest absolute Gasteiger partial charge is 0.321 e. The van der Waals surface area contributed by atoms with Crippen LogP contribution in [0.4, 0.5) is 10.5 Å². The summed E-state index contributed by atoms with van der Waals surface area (Å²) < 4.78 is 0.959. The monoisotopic (exact) mass is 374 g/mol. The number of carbonyl (C=O) groups excluding carboxylic acids is 1. The van der Waals surface area contributed by atoms with Gasteiger partial charge in [0, 0.05) is 16.7 Å². The first-order valence-corrected chi connectivity index (χ1v) is 7.19. The molecule has 0 unspecified atom stereocenters. The number of aliphatic carboxylic acids is 1. The fraction of sp³-hybridized carbons (Fsp3) is 0.385. The first kappa shape index (κ1) is 14.1. The molecule has 1 aromatic rings. The zero-order valence-corrected chi connectivity index (χ0v) is 12.5. The molecule has 1 heterocycles. The van der Waals surface area contributed by atoms with Crippen molar-refractivity contribution in [2.75, 3.05) is 18.4 Å². The van der Waals surface area contributed by atoms with Crippen LogP contribution in [0.15, 0.2) is 24.3 Å². The maximum Gasteiger partial charge on any atom is 0.321 e. The van der Waals surface area contributed by atoms with Gasteiger partial charge in [-0.1, -0.05) is 12.1 Å². The lowest BCUT2D eigenvalue weighted by Gasteiger charge is -2.30. The highest BCUT2D eigenvalue weighted by molar-refractivity contribution is 14.1. The third-order valence-electron chi connectivity index (χ3n) is 3.17. The summed E-state index contributed by atoms with van der Waals surface area (Å²) >= 11 is 2.15. The zero-order chi connectivity index (χ0) is 13.8. The number of carbonyl (C=O) groups is 2. The van der Waals surface area contributed by atoms with Crippen LogP contribution in [0.25, 0.3) is 0 Å². The zero-order valence-electron chi connectivity index (χ0n) is 10.3. The number of nitrogens with zero attached hydrogens (tertiary/aromatic N) is 1. The van der Waals surface area contributed by atoms with Gasteiger partial charge in [0.2, 0.25) is 0 Å². The van der Waals surface area contributed by atoms with Crippen LogP contribution in [0.3, 0.4) is 0 Å². The number of nitrogens with one attached hydrogen (secondary N) is 1. The average molecular weight is 374 g/mol. The van der Waals surface area contributed by atoms with Crippen LogP contribution in [0, 0.1) is 9.49 Å². The van der Waals surface area contributed by atoms with E-state index in [0.717, 1.165) is 15.7 Å². The third kappa shape index (κ3) is 3.59. The maximum absolute atomic E-state index is 12.1. The molecule has 0 spiro atoms. The predicted octanol–water partition coefficient (Wildman–Crippen LogP) is 2.62. The fourth-order valence-corrected chi connectivity index (χ4v) is 2.64. The molecule has 6 heteroatoms. The number of urea groups is 1. The summed E-state index contributed by atoms with van der Waals surface area (Å²) in [6.45, 7) is 0.892. The second-order valence-corrected chi connectivity index (χ2v) is 5.70. The van der Waals surface area contributed by atoms with Crippen LogP contribution in [0.2, 0.25) is 0 Å².